The average Bonchev–Trinajstić information content (AvgIpc) is 3.11. The molecule has 0 bridgehead atoms. The molecule has 1 aromatic carbocycles. The molecule has 2 heterocycles. The van der Waals surface area contributed by atoms with Gasteiger partial charge < -0.3 is 9.84 Å². The molecular formula is C18H24ClN5O2. The molecular weight excluding hydrogens is 354 g/mol. The zero-order valence-corrected chi connectivity index (χ0v) is 15.7. The molecule has 0 spiro atoms. The number of nitrogens with one attached hydrogen (secondary N) is 1. The summed E-state index contributed by atoms with van der Waals surface area (Å²) < 4.78 is 5.37. The van der Waals surface area contributed by atoms with Crippen LogP contribution < -0.4 is 5.32 Å². The Kier molecular flexibility index (Phi) is 6.60. The van der Waals surface area contributed by atoms with Crippen LogP contribution in [0.15, 0.2) is 28.8 Å². The van der Waals surface area contributed by atoms with Gasteiger partial charge in [-0.3, -0.25) is 14.6 Å². The van der Waals surface area contributed by atoms with Crippen molar-refractivity contribution in [3.05, 3.63) is 35.2 Å². The van der Waals surface area contributed by atoms with Gasteiger partial charge in [0, 0.05) is 43.3 Å². The van der Waals surface area contributed by atoms with E-state index >= 15 is 0 Å². The molecule has 1 N–H and O–H groups in total. The number of nitrogens with zero attached hydrogens (tertiary/aromatic N) is 4. The summed E-state index contributed by atoms with van der Waals surface area (Å²) in [5, 5.41) is 7.64. The number of carbonyl (C=O) groups excluding carboxylic acids is 1. The van der Waals surface area contributed by atoms with Gasteiger partial charge in [-0.25, -0.2) is 0 Å². The molecule has 7 nitrogen and oxygen atoms in total. The molecule has 8 heteroatoms. The first-order valence-electron chi connectivity index (χ1n) is 8.94. The van der Waals surface area contributed by atoms with Gasteiger partial charge in [0.15, 0.2) is 0 Å². The predicted octanol–water partition coefficient (Wildman–Crippen LogP) is 2.03. The zero-order valence-electron chi connectivity index (χ0n) is 14.9. The molecule has 2 aromatic rings. The van der Waals surface area contributed by atoms with Crippen LogP contribution in [0.3, 0.4) is 0 Å². The summed E-state index contributed by atoms with van der Waals surface area (Å²) in [6, 6.07) is 7.37. The molecule has 0 atom stereocenters. The van der Waals surface area contributed by atoms with Gasteiger partial charge in [-0.05, 0) is 30.7 Å². The van der Waals surface area contributed by atoms with Crippen LogP contribution in [0.4, 0.5) is 0 Å². The molecule has 1 aliphatic heterocycles. The molecule has 1 fully saturated rings. The molecule has 0 saturated carbocycles. The smallest absolute Gasteiger partial charge is 0.241 e. The fourth-order valence-corrected chi connectivity index (χ4v) is 2.98. The Hall–Kier alpha value is -1.96. The Morgan fingerprint density at radius 2 is 1.88 bits per heavy atom. The van der Waals surface area contributed by atoms with E-state index in [1.807, 2.05) is 24.3 Å². The Labute approximate surface area is 158 Å². The molecule has 1 aromatic heterocycles. The SMILES string of the molecule is CCCNC(=O)CN1CCN(Cc2nc(-c3ccc(Cl)cc3)no2)CC1. The minimum absolute atomic E-state index is 0.102. The van der Waals surface area contributed by atoms with Crippen LogP contribution in [0.25, 0.3) is 11.4 Å². The van der Waals surface area contributed by atoms with E-state index in [1.165, 1.54) is 0 Å². The highest BCUT2D eigenvalue weighted by atomic mass is 35.5. The Morgan fingerprint density at radius 1 is 1.19 bits per heavy atom. The Bertz CT molecular complexity index is 711. The second kappa shape index (κ2) is 9.12. The number of benzene rings is 1. The van der Waals surface area contributed by atoms with Gasteiger partial charge in [0.05, 0.1) is 13.1 Å². The highest BCUT2D eigenvalue weighted by Gasteiger charge is 2.20. The number of halogens is 1. The third-order valence-electron chi connectivity index (χ3n) is 4.33. The number of carbonyl (C=O) groups is 1. The number of amides is 1. The highest BCUT2D eigenvalue weighted by Crippen LogP contribution is 2.19. The second-order valence-electron chi connectivity index (χ2n) is 6.42. The zero-order chi connectivity index (χ0) is 18.4. The maximum absolute atomic E-state index is 11.8. The third kappa shape index (κ3) is 5.27. The van der Waals surface area contributed by atoms with Crippen LogP contribution in [0.5, 0.6) is 0 Å². The van der Waals surface area contributed by atoms with E-state index in [-0.39, 0.29) is 5.91 Å². The van der Waals surface area contributed by atoms with Gasteiger partial charge in [-0.2, -0.15) is 4.98 Å². The van der Waals surface area contributed by atoms with Crippen LogP contribution in [-0.4, -0.2) is 65.1 Å². The molecule has 140 valence electrons. The topological polar surface area (TPSA) is 74.5 Å². The minimum atomic E-state index is 0.102. The Morgan fingerprint density at radius 3 is 2.58 bits per heavy atom. The van der Waals surface area contributed by atoms with Crippen molar-refractivity contribution in [3.8, 4) is 11.4 Å². The van der Waals surface area contributed by atoms with Crippen molar-refractivity contribution in [2.75, 3.05) is 39.3 Å². The molecule has 1 saturated heterocycles. The normalized spacial score (nSPS) is 15.9. The first-order valence-corrected chi connectivity index (χ1v) is 9.32. The summed E-state index contributed by atoms with van der Waals surface area (Å²) in [6.07, 6.45) is 0.960. The number of piperazine rings is 1. The van der Waals surface area contributed by atoms with Gasteiger partial charge >= 0.3 is 0 Å². The highest BCUT2D eigenvalue weighted by molar-refractivity contribution is 6.30. The lowest BCUT2D eigenvalue weighted by Crippen LogP contribution is -2.49. The van der Waals surface area contributed by atoms with E-state index in [4.69, 9.17) is 16.1 Å². The summed E-state index contributed by atoms with van der Waals surface area (Å²) >= 11 is 5.90. The van der Waals surface area contributed by atoms with Crippen LogP contribution in [-0.2, 0) is 11.3 Å². The van der Waals surface area contributed by atoms with Gasteiger partial charge in [0.1, 0.15) is 0 Å². The lowest BCUT2D eigenvalue weighted by atomic mass is 10.2. The first-order chi connectivity index (χ1) is 12.6. The molecule has 0 unspecified atom stereocenters. The van der Waals surface area contributed by atoms with E-state index in [2.05, 4.69) is 32.2 Å². The van der Waals surface area contributed by atoms with Crippen molar-refractivity contribution < 1.29 is 9.32 Å². The van der Waals surface area contributed by atoms with E-state index in [9.17, 15) is 4.79 Å². The van der Waals surface area contributed by atoms with Crippen LogP contribution in [0, 0.1) is 0 Å². The maximum Gasteiger partial charge on any atom is 0.241 e. The monoisotopic (exact) mass is 377 g/mol. The van der Waals surface area contributed by atoms with Gasteiger partial charge in [-0.1, -0.05) is 23.7 Å². The summed E-state index contributed by atoms with van der Waals surface area (Å²) in [4.78, 5) is 20.7. The maximum atomic E-state index is 11.8. The van der Waals surface area contributed by atoms with Crippen molar-refractivity contribution >= 4 is 17.5 Å². The lowest BCUT2D eigenvalue weighted by Gasteiger charge is -2.33. The Balaban J connectivity index is 1.46. The van der Waals surface area contributed by atoms with Crippen molar-refractivity contribution in [3.63, 3.8) is 0 Å². The van der Waals surface area contributed by atoms with Gasteiger partial charge in [-0.15, -0.1) is 0 Å². The number of aromatic nitrogens is 2. The van der Waals surface area contributed by atoms with Crippen molar-refractivity contribution in [2.24, 2.45) is 0 Å². The second-order valence-corrected chi connectivity index (χ2v) is 6.86. The molecule has 3 rings (SSSR count). The number of hydrogen-bond donors (Lipinski definition) is 1. The standard InChI is InChI=1S/C18H24ClN5O2/c1-2-7-20-16(25)12-23-8-10-24(11-9-23)13-17-21-18(22-26-17)14-3-5-15(19)6-4-14/h3-6H,2,7-13H2,1H3,(H,20,25). The van der Waals surface area contributed by atoms with Crippen molar-refractivity contribution in [1.29, 1.82) is 0 Å². The van der Waals surface area contributed by atoms with E-state index in [0.717, 1.165) is 44.7 Å². The molecule has 1 aliphatic rings. The number of hydrogen-bond acceptors (Lipinski definition) is 6. The molecule has 1 amide bonds. The van der Waals surface area contributed by atoms with Crippen molar-refractivity contribution in [1.82, 2.24) is 25.3 Å². The molecule has 0 aliphatic carbocycles. The average molecular weight is 378 g/mol. The molecule has 26 heavy (non-hydrogen) atoms. The third-order valence-corrected chi connectivity index (χ3v) is 4.59. The quantitative estimate of drug-likeness (QED) is 0.795. The fraction of sp³-hybridized carbons (Fsp3) is 0.500. The van der Waals surface area contributed by atoms with Gasteiger partial charge in [0.25, 0.3) is 0 Å². The van der Waals surface area contributed by atoms with E-state index in [1.54, 1.807) is 0 Å². The van der Waals surface area contributed by atoms with Crippen LogP contribution in [0.2, 0.25) is 5.02 Å². The predicted molar refractivity (Wildman–Crippen MR) is 99.8 cm³/mol. The van der Waals surface area contributed by atoms with E-state index < -0.39 is 0 Å². The summed E-state index contributed by atoms with van der Waals surface area (Å²) in [7, 11) is 0. The summed E-state index contributed by atoms with van der Waals surface area (Å²) in [6.45, 7) is 7.35. The lowest BCUT2D eigenvalue weighted by molar-refractivity contribution is -0.122. The number of rotatable bonds is 7. The fourth-order valence-electron chi connectivity index (χ4n) is 2.86. The minimum Gasteiger partial charge on any atom is -0.355 e. The summed E-state index contributed by atoms with van der Waals surface area (Å²) in [5.74, 6) is 1.27. The van der Waals surface area contributed by atoms with Gasteiger partial charge in [0.2, 0.25) is 17.6 Å². The van der Waals surface area contributed by atoms with Crippen molar-refractivity contribution in [2.45, 2.75) is 19.9 Å². The molecule has 0 radical (unpaired) electrons. The van der Waals surface area contributed by atoms with Crippen LogP contribution >= 0.6 is 11.6 Å². The first kappa shape index (κ1) is 18.8. The summed E-state index contributed by atoms with van der Waals surface area (Å²) in [5.41, 5.74) is 0.882. The van der Waals surface area contributed by atoms with Crippen LogP contribution in [0.1, 0.15) is 19.2 Å². The largest absolute Gasteiger partial charge is 0.355 e. The van der Waals surface area contributed by atoms with E-state index in [0.29, 0.717) is 29.8 Å².